The van der Waals surface area contributed by atoms with Crippen LogP contribution in [0, 0.1) is 6.92 Å². The van der Waals surface area contributed by atoms with Gasteiger partial charge >= 0.3 is 5.97 Å². The van der Waals surface area contributed by atoms with Gasteiger partial charge in [0.15, 0.2) is 5.69 Å². The number of carbonyl (C=O) groups is 1. The number of carbonyl (C=O) groups excluding carboxylic acids is 1. The highest BCUT2D eigenvalue weighted by Crippen LogP contribution is 2.23. The molecule has 0 bridgehead atoms. The highest BCUT2D eigenvalue weighted by atomic mass is 16.5. The second kappa shape index (κ2) is 5.36. The lowest BCUT2D eigenvalue weighted by Crippen LogP contribution is -2.07. The molecule has 20 heavy (non-hydrogen) atoms. The SMILES string of the molecule is COC(=O)c1nc(C)n(-c2ccc(C(C)C)cc2)c1N. The first-order chi connectivity index (χ1) is 9.45. The van der Waals surface area contributed by atoms with Crippen LogP contribution in [0.15, 0.2) is 24.3 Å². The monoisotopic (exact) mass is 273 g/mol. The number of ether oxygens (including phenoxy) is 1. The minimum absolute atomic E-state index is 0.151. The van der Waals surface area contributed by atoms with Crippen molar-refractivity contribution < 1.29 is 9.53 Å². The second-order valence-corrected chi connectivity index (χ2v) is 4.97. The molecule has 0 saturated heterocycles. The van der Waals surface area contributed by atoms with E-state index in [0.29, 0.717) is 17.6 Å². The summed E-state index contributed by atoms with van der Waals surface area (Å²) >= 11 is 0. The van der Waals surface area contributed by atoms with Crippen molar-refractivity contribution in [1.82, 2.24) is 9.55 Å². The Hall–Kier alpha value is -2.30. The molecule has 1 aromatic heterocycles. The van der Waals surface area contributed by atoms with E-state index in [9.17, 15) is 4.79 Å². The minimum atomic E-state index is -0.525. The molecular weight excluding hydrogens is 254 g/mol. The Morgan fingerprint density at radius 1 is 1.30 bits per heavy atom. The van der Waals surface area contributed by atoms with Crippen molar-refractivity contribution in [3.05, 3.63) is 41.3 Å². The molecule has 2 rings (SSSR count). The molecule has 0 spiro atoms. The summed E-state index contributed by atoms with van der Waals surface area (Å²) in [6, 6.07) is 8.05. The zero-order valence-corrected chi connectivity index (χ0v) is 12.2. The van der Waals surface area contributed by atoms with Gasteiger partial charge in [-0.05, 0) is 30.5 Å². The molecule has 1 aromatic carbocycles. The van der Waals surface area contributed by atoms with Crippen LogP contribution in [-0.2, 0) is 4.74 Å². The number of nitrogens with two attached hydrogens (primary N) is 1. The summed E-state index contributed by atoms with van der Waals surface area (Å²) in [5.41, 5.74) is 8.29. The molecule has 0 aliphatic rings. The van der Waals surface area contributed by atoms with Gasteiger partial charge in [-0.1, -0.05) is 26.0 Å². The van der Waals surface area contributed by atoms with Crippen molar-refractivity contribution in [2.24, 2.45) is 0 Å². The Morgan fingerprint density at radius 3 is 2.40 bits per heavy atom. The van der Waals surface area contributed by atoms with Gasteiger partial charge in [-0.25, -0.2) is 9.78 Å². The van der Waals surface area contributed by atoms with Gasteiger partial charge in [0.05, 0.1) is 7.11 Å². The lowest BCUT2D eigenvalue weighted by molar-refractivity contribution is 0.0596. The minimum Gasteiger partial charge on any atom is -0.464 e. The van der Waals surface area contributed by atoms with Gasteiger partial charge in [0.25, 0.3) is 0 Å². The van der Waals surface area contributed by atoms with Crippen LogP contribution in [0.3, 0.4) is 0 Å². The maximum Gasteiger partial charge on any atom is 0.360 e. The number of benzene rings is 1. The molecule has 0 aliphatic carbocycles. The van der Waals surface area contributed by atoms with Crippen LogP contribution < -0.4 is 5.73 Å². The largest absolute Gasteiger partial charge is 0.464 e. The summed E-state index contributed by atoms with van der Waals surface area (Å²) in [5.74, 6) is 0.894. The third kappa shape index (κ3) is 2.39. The van der Waals surface area contributed by atoms with Crippen molar-refractivity contribution in [2.75, 3.05) is 12.8 Å². The molecule has 0 saturated carbocycles. The van der Waals surface area contributed by atoms with Crippen LogP contribution in [0.2, 0.25) is 0 Å². The number of methoxy groups -OCH3 is 1. The molecule has 5 nitrogen and oxygen atoms in total. The molecule has 2 aromatic rings. The number of hydrogen-bond acceptors (Lipinski definition) is 4. The summed E-state index contributed by atoms with van der Waals surface area (Å²) in [6.45, 7) is 6.08. The van der Waals surface area contributed by atoms with E-state index >= 15 is 0 Å². The van der Waals surface area contributed by atoms with Crippen molar-refractivity contribution in [2.45, 2.75) is 26.7 Å². The third-order valence-corrected chi connectivity index (χ3v) is 3.28. The van der Waals surface area contributed by atoms with Crippen molar-refractivity contribution in [3.8, 4) is 5.69 Å². The number of nitrogen functional groups attached to an aromatic ring is 1. The topological polar surface area (TPSA) is 70.1 Å². The number of anilines is 1. The quantitative estimate of drug-likeness (QED) is 0.873. The summed E-state index contributed by atoms with van der Waals surface area (Å²) in [7, 11) is 1.31. The first-order valence-electron chi connectivity index (χ1n) is 6.49. The Kier molecular flexibility index (Phi) is 3.79. The first-order valence-corrected chi connectivity index (χ1v) is 6.49. The zero-order valence-electron chi connectivity index (χ0n) is 12.2. The van der Waals surface area contributed by atoms with Gasteiger partial charge in [0, 0.05) is 5.69 Å². The number of nitrogens with zero attached hydrogens (tertiary/aromatic N) is 2. The van der Waals surface area contributed by atoms with Gasteiger partial charge in [0.1, 0.15) is 11.6 Å². The Bertz CT molecular complexity index is 627. The fourth-order valence-corrected chi connectivity index (χ4v) is 2.13. The predicted octanol–water partition coefficient (Wildman–Crippen LogP) is 2.67. The van der Waals surface area contributed by atoms with Crippen molar-refractivity contribution in [1.29, 1.82) is 0 Å². The second-order valence-electron chi connectivity index (χ2n) is 4.97. The molecule has 2 N–H and O–H groups in total. The number of hydrogen-bond donors (Lipinski definition) is 1. The molecule has 5 heteroatoms. The summed E-state index contributed by atoms with van der Waals surface area (Å²) < 4.78 is 6.42. The van der Waals surface area contributed by atoms with Crippen molar-refractivity contribution >= 4 is 11.8 Å². The van der Waals surface area contributed by atoms with E-state index in [0.717, 1.165) is 5.69 Å². The first kappa shape index (κ1) is 14.1. The Balaban J connectivity index is 2.47. The van der Waals surface area contributed by atoms with Gasteiger partial charge in [-0.3, -0.25) is 4.57 Å². The van der Waals surface area contributed by atoms with Crippen LogP contribution in [0.25, 0.3) is 5.69 Å². The smallest absolute Gasteiger partial charge is 0.360 e. The number of aromatic nitrogens is 2. The lowest BCUT2D eigenvalue weighted by atomic mass is 10.0. The number of imidazole rings is 1. The highest BCUT2D eigenvalue weighted by molar-refractivity contribution is 5.92. The molecule has 1 heterocycles. The van der Waals surface area contributed by atoms with E-state index in [-0.39, 0.29) is 5.69 Å². The van der Waals surface area contributed by atoms with Crippen LogP contribution in [0.1, 0.15) is 41.6 Å². The van der Waals surface area contributed by atoms with E-state index < -0.39 is 5.97 Å². The van der Waals surface area contributed by atoms with Gasteiger partial charge < -0.3 is 10.5 Å². The molecule has 106 valence electrons. The van der Waals surface area contributed by atoms with Gasteiger partial charge in [-0.15, -0.1) is 0 Å². The molecule has 0 unspecified atom stereocenters. The Labute approximate surface area is 118 Å². The molecule has 0 radical (unpaired) electrons. The third-order valence-electron chi connectivity index (χ3n) is 3.28. The molecule has 0 amide bonds. The fourth-order valence-electron chi connectivity index (χ4n) is 2.13. The van der Waals surface area contributed by atoms with Crippen molar-refractivity contribution in [3.63, 3.8) is 0 Å². The fraction of sp³-hybridized carbons (Fsp3) is 0.333. The van der Waals surface area contributed by atoms with E-state index in [4.69, 9.17) is 5.73 Å². The average Bonchev–Trinajstić information content (AvgIpc) is 2.73. The van der Waals surface area contributed by atoms with E-state index in [2.05, 4.69) is 35.7 Å². The van der Waals surface area contributed by atoms with E-state index in [1.807, 2.05) is 12.1 Å². The number of rotatable bonds is 3. The summed E-state index contributed by atoms with van der Waals surface area (Å²) in [5, 5.41) is 0. The standard InChI is InChI=1S/C15H19N3O2/c1-9(2)11-5-7-12(8-6-11)18-10(3)17-13(14(18)16)15(19)20-4/h5-9H,16H2,1-4H3. The molecule has 0 aliphatic heterocycles. The van der Waals surface area contributed by atoms with Crippen LogP contribution in [-0.4, -0.2) is 22.6 Å². The summed E-state index contributed by atoms with van der Waals surface area (Å²) in [4.78, 5) is 15.8. The highest BCUT2D eigenvalue weighted by Gasteiger charge is 2.19. The maximum absolute atomic E-state index is 11.6. The van der Waals surface area contributed by atoms with Crippen LogP contribution in [0.4, 0.5) is 5.82 Å². The zero-order chi connectivity index (χ0) is 14.9. The Morgan fingerprint density at radius 2 is 1.90 bits per heavy atom. The summed E-state index contributed by atoms with van der Waals surface area (Å²) in [6.07, 6.45) is 0. The lowest BCUT2D eigenvalue weighted by Gasteiger charge is -2.10. The number of esters is 1. The van der Waals surface area contributed by atoms with E-state index in [1.165, 1.54) is 12.7 Å². The normalized spacial score (nSPS) is 10.8. The molecule has 0 atom stereocenters. The predicted molar refractivity (Wildman–Crippen MR) is 78.1 cm³/mol. The van der Waals surface area contributed by atoms with Crippen LogP contribution in [0.5, 0.6) is 0 Å². The number of aryl methyl sites for hydroxylation is 1. The maximum atomic E-state index is 11.6. The average molecular weight is 273 g/mol. The van der Waals surface area contributed by atoms with Crippen LogP contribution >= 0.6 is 0 Å². The van der Waals surface area contributed by atoms with Gasteiger partial charge in [0.2, 0.25) is 0 Å². The molecular formula is C15H19N3O2. The van der Waals surface area contributed by atoms with Gasteiger partial charge in [-0.2, -0.15) is 0 Å². The molecule has 0 fully saturated rings. The van der Waals surface area contributed by atoms with E-state index in [1.54, 1.807) is 11.5 Å².